The van der Waals surface area contributed by atoms with Crippen LogP contribution in [0.4, 0.5) is 11.4 Å². The molecule has 1 saturated heterocycles. The SMILES string of the molecule is Cc1cc(C)cc(N2C(=O)CS(=O)(=O)[C@@]23C(=O)N(Cc2ccccc2)c2ccc(C)cc23)c1. The van der Waals surface area contributed by atoms with E-state index in [1.54, 1.807) is 24.3 Å². The Morgan fingerprint density at radius 1 is 0.848 bits per heavy atom. The van der Waals surface area contributed by atoms with E-state index < -0.39 is 32.3 Å². The van der Waals surface area contributed by atoms with E-state index in [1.165, 1.54) is 9.80 Å². The van der Waals surface area contributed by atoms with E-state index in [-0.39, 0.29) is 6.54 Å². The number of amides is 2. The van der Waals surface area contributed by atoms with Crippen molar-refractivity contribution in [2.24, 2.45) is 0 Å². The van der Waals surface area contributed by atoms with Crippen LogP contribution in [0.1, 0.15) is 27.8 Å². The molecule has 7 heteroatoms. The van der Waals surface area contributed by atoms with Gasteiger partial charge in [0.2, 0.25) is 5.91 Å². The van der Waals surface area contributed by atoms with Gasteiger partial charge in [-0.25, -0.2) is 8.42 Å². The van der Waals surface area contributed by atoms with Crippen molar-refractivity contribution in [3.8, 4) is 0 Å². The highest BCUT2D eigenvalue weighted by atomic mass is 32.2. The molecule has 2 aliphatic heterocycles. The molecule has 0 bridgehead atoms. The lowest BCUT2D eigenvalue weighted by Gasteiger charge is -2.33. The lowest BCUT2D eigenvalue weighted by Crippen LogP contribution is -2.54. The first-order valence-corrected chi connectivity index (χ1v) is 12.4. The van der Waals surface area contributed by atoms with E-state index in [1.807, 2.05) is 63.2 Å². The second-order valence-corrected chi connectivity index (χ2v) is 11.0. The molecule has 6 nitrogen and oxygen atoms in total. The van der Waals surface area contributed by atoms with Gasteiger partial charge in [-0.3, -0.25) is 14.5 Å². The van der Waals surface area contributed by atoms with Gasteiger partial charge in [0.25, 0.3) is 10.8 Å². The number of hydrogen-bond acceptors (Lipinski definition) is 4. The third kappa shape index (κ3) is 3.03. The molecular weight excluding hydrogens is 436 g/mol. The zero-order chi connectivity index (χ0) is 23.5. The topological polar surface area (TPSA) is 74.8 Å². The molecule has 3 aromatic carbocycles. The largest absolute Gasteiger partial charge is 0.304 e. The van der Waals surface area contributed by atoms with Crippen LogP contribution in [0.2, 0.25) is 0 Å². The smallest absolute Gasteiger partial charge is 0.274 e. The van der Waals surface area contributed by atoms with Crippen molar-refractivity contribution in [1.29, 1.82) is 0 Å². The Balaban J connectivity index is 1.79. The van der Waals surface area contributed by atoms with Crippen molar-refractivity contribution in [2.75, 3.05) is 15.6 Å². The van der Waals surface area contributed by atoms with Gasteiger partial charge in [-0.2, -0.15) is 0 Å². The van der Waals surface area contributed by atoms with Crippen LogP contribution in [0.25, 0.3) is 0 Å². The Kier molecular flexibility index (Phi) is 4.72. The van der Waals surface area contributed by atoms with E-state index in [0.29, 0.717) is 16.9 Å². The normalized spacial score (nSPS) is 21.2. The molecule has 0 aliphatic carbocycles. The van der Waals surface area contributed by atoms with Gasteiger partial charge in [0.1, 0.15) is 5.75 Å². The van der Waals surface area contributed by atoms with Crippen LogP contribution in [0, 0.1) is 20.8 Å². The van der Waals surface area contributed by atoms with E-state index in [2.05, 4.69) is 0 Å². The molecule has 2 amide bonds. The minimum Gasteiger partial charge on any atom is -0.304 e. The summed E-state index contributed by atoms with van der Waals surface area (Å²) in [5.41, 5.74) is 4.73. The summed E-state index contributed by atoms with van der Waals surface area (Å²) >= 11 is 0. The van der Waals surface area contributed by atoms with Crippen LogP contribution in [0.15, 0.2) is 66.7 Å². The van der Waals surface area contributed by atoms with E-state index >= 15 is 0 Å². The average molecular weight is 461 g/mol. The summed E-state index contributed by atoms with van der Waals surface area (Å²) in [5, 5.41) is 0. The van der Waals surface area contributed by atoms with Crippen LogP contribution < -0.4 is 9.80 Å². The predicted octanol–water partition coefficient (Wildman–Crippen LogP) is 3.77. The Bertz CT molecular complexity index is 1400. The molecule has 1 atom stereocenters. The fourth-order valence-corrected chi connectivity index (χ4v) is 7.08. The van der Waals surface area contributed by atoms with Crippen molar-refractivity contribution in [3.05, 3.63) is 94.5 Å². The number of rotatable bonds is 3. The molecule has 0 saturated carbocycles. The number of hydrogen-bond donors (Lipinski definition) is 0. The number of carbonyl (C=O) groups excluding carboxylic acids is 2. The van der Waals surface area contributed by atoms with Gasteiger partial charge < -0.3 is 4.90 Å². The number of carbonyl (C=O) groups is 2. The lowest BCUT2D eigenvalue weighted by molar-refractivity contribution is -0.123. The number of nitrogens with zero attached hydrogens (tertiary/aromatic N) is 2. The van der Waals surface area contributed by atoms with Gasteiger partial charge in [0.05, 0.1) is 12.2 Å². The summed E-state index contributed by atoms with van der Waals surface area (Å²) in [6, 6.07) is 20.2. The summed E-state index contributed by atoms with van der Waals surface area (Å²) < 4.78 is 27.4. The average Bonchev–Trinajstić information content (AvgIpc) is 3.10. The molecule has 0 radical (unpaired) electrons. The molecule has 0 N–H and O–H groups in total. The highest BCUT2D eigenvalue weighted by Gasteiger charge is 2.69. The summed E-state index contributed by atoms with van der Waals surface area (Å²) in [7, 11) is -4.18. The van der Waals surface area contributed by atoms with Crippen molar-refractivity contribution in [3.63, 3.8) is 0 Å². The Hall–Kier alpha value is -3.45. The maximum absolute atomic E-state index is 14.2. The van der Waals surface area contributed by atoms with Gasteiger partial charge in [-0.15, -0.1) is 0 Å². The number of sulfone groups is 1. The Morgan fingerprint density at radius 3 is 2.18 bits per heavy atom. The summed E-state index contributed by atoms with van der Waals surface area (Å²) in [4.78, 5) is 28.0. The molecule has 33 heavy (non-hydrogen) atoms. The molecule has 0 aromatic heterocycles. The summed E-state index contributed by atoms with van der Waals surface area (Å²) in [6.45, 7) is 5.83. The van der Waals surface area contributed by atoms with Gasteiger partial charge in [0, 0.05) is 11.3 Å². The number of benzene rings is 3. The molecule has 3 aromatic rings. The minimum absolute atomic E-state index is 0.210. The Labute approximate surface area is 193 Å². The second-order valence-electron chi connectivity index (χ2n) is 8.88. The second kappa shape index (κ2) is 7.28. The third-order valence-corrected chi connectivity index (χ3v) is 8.42. The van der Waals surface area contributed by atoms with Crippen LogP contribution in [0.5, 0.6) is 0 Å². The maximum Gasteiger partial charge on any atom is 0.274 e. The maximum atomic E-state index is 14.2. The lowest BCUT2D eigenvalue weighted by atomic mass is 10.0. The standard InChI is InChI=1S/C26H24N2O4S/c1-17-9-10-23-22(14-17)26(25(30)27(23)15-20-7-5-4-6-8-20)28(24(29)16-33(26,31)32)21-12-18(2)11-19(3)13-21/h4-14H,15-16H2,1-3H3/t26-/m0/s1. The first-order chi connectivity index (χ1) is 15.6. The zero-order valence-corrected chi connectivity index (χ0v) is 19.5. The molecule has 2 heterocycles. The first-order valence-electron chi connectivity index (χ1n) is 10.8. The van der Waals surface area contributed by atoms with Gasteiger partial charge >= 0.3 is 0 Å². The minimum atomic E-state index is -4.18. The van der Waals surface area contributed by atoms with Gasteiger partial charge in [-0.05, 0) is 61.7 Å². The highest BCUT2D eigenvalue weighted by Crippen LogP contribution is 2.53. The number of aryl methyl sites for hydroxylation is 3. The van der Waals surface area contributed by atoms with E-state index in [9.17, 15) is 18.0 Å². The molecule has 1 fully saturated rings. The quantitative estimate of drug-likeness (QED) is 0.596. The zero-order valence-electron chi connectivity index (χ0n) is 18.7. The predicted molar refractivity (Wildman–Crippen MR) is 128 cm³/mol. The summed E-state index contributed by atoms with van der Waals surface area (Å²) in [6.07, 6.45) is 0. The van der Waals surface area contributed by atoms with Gasteiger partial charge in [0.15, 0.2) is 9.84 Å². The monoisotopic (exact) mass is 460 g/mol. The van der Waals surface area contributed by atoms with E-state index in [0.717, 1.165) is 22.3 Å². The summed E-state index contributed by atoms with van der Waals surface area (Å²) in [5.74, 6) is -1.92. The van der Waals surface area contributed by atoms with Crippen molar-refractivity contribution < 1.29 is 18.0 Å². The molecule has 168 valence electrons. The number of anilines is 2. The molecule has 0 unspecified atom stereocenters. The van der Waals surface area contributed by atoms with Crippen LogP contribution in [0.3, 0.4) is 0 Å². The Morgan fingerprint density at radius 2 is 1.52 bits per heavy atom. The first kappa shape index (κ1) is 21.4. The molecule has 2 aliphatic rings. The molecular formula is C26H24N2O4S. The van der Waals surface area contributed by atoms with Gasteiger partial charge in [-0.1, -0.05) is 48.0 Å². The van der Waals surface area contributed by atoms with Crippen molar-refractivity contribution >= 4 is 33.0 Å². The van der Waals surface area contributed by atoms with Crippen molar-refractivity contribution in [1.82, 2.24) is 0 Å². The highest BCUT2D eigenvalue weighted by molar-refractivity contribution is 7.94. The number of fused-ring (bicyclic) bond motifs is 2. The third-order valence-electron chi connectivity index (χ3n) is 6.32. The fourth-order valence-electron chi connectivity index (χ4n) is 5.06. The van der Waals surface area contributed by atoms with E-state index in [4.69, 9.17) is 0 Å². The fraction of sp³-hybridized carbons (Fsp3) is 0.231. The van der Waals surface area contributed by atoms with Crippen LogP contribution >= 0.6 is 0 Å². The molecule has 5 rings (SSSR count). The molecule has 1 spiro atoms. The van der Waals surface area contributed by atoms with Crippen LogP contribution in [-0.4, -0.2) is 26.0 Å². The van der Waals surface area contributed by atoms with Crippen LogP contribution in [-0.2, 0) is 30.8 Å². The van der Waals surface area contributed by atoms with Crippen molar-refractivity contribution in [2.45, 2.75) is 32.2 Å².